The van der Waals surface area contributed by atoms with Crippen LogP contribution in [-0.4, -0.2) is 9.97 Å². The van der Waals surface area contributed by atoms with Crippen molar-refractivity contribution in [3.05, 3.63) is 46.4 Å². The predicted molar refractivity (Wildman–Crippen MR) is 67.8 cm³/mol. The lowest BCUT2D eigenvalue weighted by atomic mass is 10.1. The minimum Gasteiger partial charge on any atom is -0.439 e. The number of hydrogen-bond acceptors (Lipinski definition) is 3. The molecule has 0 aliphatic rings. The lowest BCUT2D eigenvalue weighted by Gasteiger charge is -2.07. The molecule has 0 saturated heterocycles. The molecule has 88 valence electrons. The number of nitrogens with zero attached hydrogens (tertiary/aromatic N) is 2. The first kappa shape index (κ1) is 11.9. The van der Waals surface area contributed by atoms with Gasteiger partial charge in [0.25, 0.3) is 0 Å². The molecule has 0 N–H and O–H groups in total. The Morgan fingerprint density at radius 3 is 2.41 bits per heavy atom. The summed E-state index contributed by atoms with van der Waals surface area (Å²) in [5, 5.41) is 0.385. The fourth-order valence-corrected chi connectivity index (χ4v) is 1.67. The SMILES string of the molecule is Cc1nc(Cl)cc(Oc2ccc(C)c(C)c2)n1. The normalized spacial score (nSPS) is 10.4. The Morgan fingerprint density at radius 2 is 1.76 bits per heavy atom. The summed E-state index contributed by atoms with van der Waals surface area (Å²) in [5.74, 6) is 1.81. The molecule has 0 radical (unpaired) electrons. The fraction of sp³-hybridized carbons (Fsp3) is 0.231. The molecule has 1 aromatic carbocycles. The minimum absolute atomic E-state index is 0.385. The van der Waals surface area contributed by atoms with Crippen molar-refractivity contribution in [2.24, 2.45) is 0 Å². The molecule has 1 aromatic heterocycles. The third-order valence-electron chi connectivity index (χ3n) is 2.48. The van der Waals surface area contributed by atoms with Crippen LogP contribution in [0, 0.1) is 20.8 Å². The van der Waals surface area contributed by atoms with Gasteiger partial charge >= 0.3 is 0 Å². The molecule has 3 nitrogen and oxygen atoms in total. The lowest BCUT2D eigenvalue weighted by molar-refractivity contribution is 0.459. The molecule has 0 aliphatic heterocycles. The van der Waals surface area contributed by atoms with Crippen LogP contribution in [0.1, 0.15) is 17.0 Å². The smallest absolute Gasteiger partial charge is 0.224 e. The number of aryl methyl sites for hydroxylation is 3. The van der Waals surface area contributed by atoms with Crippen LogP contribution in [0.3, 0.4) is 0 Å². The first-order valence-corrected chi connectivity index (χ1v) is 5.69. The van der Waals surface area contributed by atoms with E-state index in [1.54, 1.807) is 13.0 Å². The molecular weight excluding hydrogens is 236 g/mol. The lowest BCUT2D eigenvalue weighted by Crippen LogP contribution is -1.93. The van der Waals surface area contributed by atoms with Gasteiger partial charge in [0.15, 0.2) is 0 Å². The van der Waals surface area contributed by atoms with Gasteiger partial charge < -0.3 is 4.74 Å². The third-order valence-corrected chi connectivity index (χ3v) is 2.68. The molecule has 0 amide bonds. The highest BCUT2D eigenvalue weighted by Crippen LogP contribution is 2.23. The molecule has 4 heteroatoms. The molecule has 0 aliphatic carbocycles. The highest BCUT2D eigenvalue weighted by atomic mass is 35.5. The van der Waals surface area contributed by atoms with Crippen LogP contribution >= 0.6 is 11.6 Å². The van der Waals surface area contributed by atoms with Crippen molar-refractivity contribution in [1.82, 2.24) is 9.97 Å². The summed E-state index contributed by atoms with van der Waals surface area (Å²) in [5.41, 5.74) is 2.41. The maximum atomic E-state index is 5.84. The zero-order valence-electron chi connectivity index (χ0n) is 9.99. The Labute approximate surface area is 105 Å². The molecule has 0 unspecified atom stereocenters. The van der Waals surface area contributed by atoms with Crippen LogP contribution in [0.25, 0.3) is 0 Å². The summed E-state index contributed by atoms with van der Waals surface area (Å²) < 4.78 is 5.64. The maximum absolute atomic E-state index is 5.84. The van der Waals surface area contributed by atoms with E-state index in [1.165, 1.54) is 11.1 Å². The molecule has 0 fully saturated rings. The van der Waals surface area contributed by atoms with Gasteiger partial charge in [-0.1, -0.05) is 17.7 Å². The van der Waals surface area contributed by atoms with E-state index in [1.807, 2.05) is 25.1 Å². The second-order valence-electron chi connectivity index (χ2n) is 3.92. The number of hydrogen-bond donors (Lipinski definition) is 0. The van der Waals surface area contributed by atoms with Crippen LogP contribution in [-0.2, 0) is 0 Å². The van der Waals surface area contributed by atoms with Crippen molar-refractivity contribution in [3.63, 3.8) is 0 Å². The molecule has 0 spiro atoms. The molecule has 0 bridgehead atoms. The van der Waals surface area contributed by atoms with Crippen molar-refractivity contribution < 1.29 is 4.74 Å². The second-order valence-corrected chi connectivity index (χ2v) is 4.31. The van der Waals surface area contributed by atoms with Gasteiger partial charge in [0.05, 0.1) is 0 Å². The summed E-state index contributed by atoms with van der Waals surface area (Å²) in [6.45, 7) is 5.88. The van der Waals surface area contributed by atoms with Crippen LogP contribution < -0.4 is 4.74 Å². The second kappa shape index (κ2) is 4.72. The quantitative estimate of drug-likeness (QED) is 0.758. The fourth-order valence-electron chi connectivity index (χ4n) is 1.46. The molecule has 2 aromatic rings. The van der Waals surface area contributed by atoms with Crippen LogP contribution in [0.5, 0.6) is 11.6 Å². The zero-order chi connectivity index (χ0) is 12.4. The van der Waals surface area contributed by atoms with E-state index in [0.717, 1.165) is 5.75 Å². The topological polar surface area (TPSA) is 35.0 Å². The standard InChI is InChI=1S/C13H13ClN2O/c1-8-4-5-11(6-9(8)2)17-13-7-12(14)15-10(3)16-13/h4-7H,1-3H3. The van der Waals surface area contributed by atoms with E-state index in [-0.39, 0.29) is 0 Å². The van der Waals surface area contributed by atoms with Crippen molar-refractivity contribution >= 4 is 11.6 Å². The largest absolute Gasteiger partial charge is 0.439 e. The summed E-state index contributed by atoms with van der Waals surface area (Å²) in [7, 11) is 0. The van der Waals surface area contributed by atoms with Gasteiger partial charge in [-0.05, 0) is 44.0 Å². The summed E-state index contributed by atoms with van der Waals surface area (Å²) >= 11 is 5.84. The highest BCUT2D eigenvalue weighted by Gasteiger charge is 2.03. The van der Waals surface area contributed by atoms with Gasteiger partial charge in [-0.25, -0.2) is 4.98 Å². The average Bonchev–Trinajstić information content (AvgIpc) is 2.22. The monoisotopic (exact) mass is 248 g/mol. The van der Waals surface area contributed by atoms with Crippen LogP contribution in [0.2, 0.25) is 5.15 Å². The molecule has 0 saturated carbocycles. The summed E-state index contributed by atoms with van der Waals surface area (Å²) in [4.78, 5) is 8.15. The van der Waals surface area contributed by atoms with Crippen molar-refractivity contribution in [2.45, 2.75) is 20.8 Å². The molecule has 0 atom stereocenters. The Morgan fingerprint density at radius 1 is 1.00 bits per heavy atom. The first-order chi connectivity index (χ1) is 8.04. The van der Waals surface area contributed by atoms with Crippen molar-refractivity contribution in [3.8, 4) is 11.6 Å². The van der Waals surface area contributed by atoms with Gasteiger partial charge in [-0.15, -0.1) is 0 Å². The molecule has 2 rings (SSSR count). The van der Waals surface area contributed by atoms with E-state index >= 15 is 0 Å². The Bertz CT molecular complexity index is 535. The third kappa shape index (κ3) is 2.94. The molecular formula is C13H13ClN2O. The maximum Gasteiger partial charge on any atom is 0.224 e. The summed E-state index contributed by atoms with van der Waals surface area (Å²) in [6, 6.07) is 7.50. The van der Waals surface area contributed by atoms with Gasteiger partial charge in [0, 0.05) is 6.07 Å². The number of ether oxygens (including phenoxy) is 1. The number of aromatic nitrogens is 2. The first-order valence-electron chi connectivity index (χ1n) is 5.31. The number of rotatable bonds is 2. The molecule has 17 heavy (non-hydrogen) atoms. The zero-order valence-corrected chi connectivity index (χ0v) is 10.7. The van der Waals surface area contributed by atoms with Gasteiger partial charge in [0.1, 0.15) is 16.7 Å². The highest BCUT2D eigenvalue weighted by molar-refractivity contribution is 6.29. The van der Waals surface area contributed by atoms with Crippen molar-refractivity contribution in [1.29, 1.82) is 0 Å². The van der Waals surface area contributed by atoms with E-state index in [9.17, 15) is 0 Å². The van der Waals surface area contributed by atoms with Crippen LogP contribution in [0.15, 0.2) is 24.3 Å². The van der Waals surface area contributed by atoms with E-state index in [0.29, 0.717) is 16.9 Å². The Kier molecular flexibility index (Phi) is 3.29. The van der Waals surface area contributed by atoms with E-state index in [4.69, 9.17) is 16.3 Å². The van der Waals surface area contributed by atoms with E-state index < -0.39 is 0 Å². The number of benzene rings is 1. The number of halogens is 1. The van der Waals surface area contributed by atoms with Gasteiger partial charge in [-0.2, -0.15) is 4.98 Å². The Balaban J connectivity index is 2.28. The minimum atomic E-state index is 0.385. The molecule has 1 heterocycles. The van der Waals surface area contributed by atoms with Gasteiger partial charge in [-0.3, -0.25) is 0 Å². The van der Waals surface area contributed by atoms with Crippen molar-refractivity contribution in [2.75, 3.05) is 0 Å². The van der Waals surface area contributed by atoms with E-state index in [2.05, 4.69) is 16.9 Å². The average molecular weight is 249 g/mol. The van der Waals surface area contributed by atoms with Crippen LogP contribution in [0.4, 0.5) is 0 Å². The predicted octanol–water partition coefficient (Wildman–Crippen LogP) is 3.85. The Hall–Kier alpha value is -1.61. The summed E-state index contributed by atoms with van der Waals surface area (Å²) in [6.07, 6.45) is 0. The van der Waals surface area contributed by atoms with Gasteiger partial charge in [0.2, 0.25) is 5.88 Å².